The van der Waals surface area contributed by atoms with Gasteiger partial charge in [0.15, 0.2) is 0 Å². The second-order valence-electron chi connectivity index (χ2n) is 13.2. The topological polar surface area (TPSA) is 79.0 Å². The van der Waals surface area contributed by atoms with Crippen molar-refractivity contribution in [3.8, 4) is 11.1 Å². The second-order valence-corrected chi connectivity index (χ2v) is 14.0. The van der Waals surface area contributed by atoms with Gasteiger partial charge in [-0.1, -0.05) is 54.6 Å². The Morgan fingerprint density at radius 3 is 2.12 bits per heavy atom. The lowest BCUT2D eigenvalue weighted by molar-refractivity contribution is -0.133. The Kier molecular flexibility index (Phi) is 9.92. The van der Waals surface area contributed by atoms with Crippen molar-refractivity contribution >= 4 is 41.1 Å². The van der Waals surface area contributed by atoms with Crippen LogP contribution >= 0.6 is 23.2 Å². The van der Waals surface area contributed by atoms with Crippen LogP contribution in [0.1, 0.15) is 88.1 Å². The molecule has 3 fully saturated rings. The molecule has 2 aromatic carbocycles. The molecule has 3 amide bonds. The van der Waals surface area contributed by atoms with Crippen molar-refractivity contribution in [3.05, 3.63) is 57.6 Å². The van der Waals surface area contributed by atoms with Crippen LogP contribution in [0.5, 0.6) is 0 Å². The van der Waals surface area contributed by atoms with Gasteiger partial charge in [0.2, 0.25) is 5.91 Å². The van der Waals surface area contributed by atoms with Crippen LogP contribution in [-0.2, 0) is 16.0 Å². The largest absolute Gasteiger partial charge is 0.444 e. The molecular weight excluding hydrogens is 585 g/mol. The molecule has 1 N–H and O–H groups in total. The third-order valence-corrected chi connectivity index (χ3v) is 9.59. The fraction of sp³-hybridized carbons (Fsp3) is 0.559. The van der Waals surface area contributed by atoms with E-state index in [9.17, 15) is 14.4 Å². The number of amides is 3. The van der Waals surface area contributed by atoms with Gasteiger partial charge in [-0.05, 0) is 100 Å². The van der Waals surface area contributed by atoms with E-state index < -0.39 is 5.60 Å². The number of benzene rings is 2. The minimum absolute atomic E-state index is 0.00230. The lowest BCUT2D eigenvalue weighted by Crippen LogP contribution is -2.47. The average Bonchev–Trinajstić information content (AvgIpc) is 3.34. The van der Waals surface area contributed by atoms with Crippen LogP contribution in [-0.4, -0.2) is 65.0 Å². The van der Waals surface area contributed by atoms with E-state index in [4.69, 9.17) is 27.9 Å². The number of halogens is 2. The highest BCUT2D eigenvalue weighted by atomic mass is 35.5. The second kappa shape index (κ2) is 13.5. The van der Waals surface area contributed by atoms with Gasteiger partial charge in [-0.2, -0.15) is 0 Å². The number of rotatable bonds is 6. The van der Waals surface area contributed by atoms with Gasteiger partial charge in [-0.25, -0.2) is 4.79 Å². The lowest BCUT2D eigenvalue weighted by atomic mass is 9.93. The zero-order valence-corrected chi connectivity index (χ0v) is 27.0. The van der Waals surface area contributed by atoms with Crippen LogP contribution in [0.4, 0.5) is 4.79 Å². The predicted molar refractivity (Wildman–Crippen MR) is 171 cm³/mol. The summed E-state index contributed by atoms with van der Waals surface area (Å²) in [5.74, 6) is 0.0212. The molecule has 7 nitrogen and oxygen atoms in total. The van der Waals surface area contributed by atoms with Gasteiger partial charge in [-0.3, -0.25) is 9.59 Å². The molecule has 0 radical (unpaired) electrons. The summed E-state index contributed by atoms with van der Waals surface area (Å²) in [7, 11) is 0. The van der Waals surface area contributed by atoms with Gasteiger partial charge >= 0.3 is 6.09 Å². The number of hydrogen-bond acceptors (Lipinski definition) is 4. The number of nitrogens with zero attached hydrogens (tertiary/aromatic N) is 2. The van der Waals surface area contributed by atoms with Crippen LogP contribution < -0.4 is 5.32 Å². The predicted octanol–water partition coefficient (Wildman–Crippen LogP) is 7.51. The van der Waals surface area contributed by atoms with Crippen LogP contribution in [0.2, 0.25) is 10.0 Å². The van der Waals surface area contributed by atoms with Gasteiger partial charge in [0, 0.05) is 53.2 Å². The van der Waals surface area contributed by atoms with E-state index >= 15 is 0 Å². The first-order chi connectivity index (χ1) is 20.5. The zero-order chi connectivity index (χ0) is 30.7. The lowest BCUT2D eigenvalue weighted by Gasteiger charge is -2.33. The van der Waals surface area contributed by atoms with E-state index in [0.717, 1.165) is 42.5 Å². The molecule has 1 unspecified atom stereocenters. The van der Waals surface area contributed by atoms with Crippen LogP contribution in [0.25, 0.3) is 11.1 Å². The van der Waals surface area contributed by atoms with Crippen molar-refractivity contribution < 1.29 is 19.1 Å². The van der Waals surface area contributed by atoms with Gasteiger partial charge in [0.05, 0.1) is 0 Å². The number of piperidine rings is 1. The summed E-state index contributed by atoms with van der Waals surface area (Å²) in [5.41, 5.74) is 2.62. The molecule has 3 aliphatic rings. The van der Waals surface area contributed by atoms with E-state index in [1.165, 1.54) is 19.3 Å². The van der Waals surface area contributed by atoms with E-state index in [2.05, 4.69) is 10.2 Å². The SMILES string of the molecule is CC(C)(C)OC(=O)N1CCC(NC(=O)c2ccc(-c3cc(Cl)c(CC4CCN(C5CCCCC5)C4=O)c(Cl)c3)cc2)CC1. The summed E-state index contributed by atoms with van der Waals surface area (Å²) in [5, 5.41) is 4.22. The van der Waals surface area contributed by atoms with Crippen molar-refractivity contribution in [2.75, 3.05) is 19.6 Å². The Hall–Kier alpha value is -2.77. The van der Waals surface area contributed by atoms with Gasteiger partial charge in [0.25, 0.3) is 5.91 Å². The Labute approximate surface area is 265 Å². The normalized spacial score (nSPS) is 20.4. The molecule has 0 bridgehead atoms. The molecule has 1 saturated carbocycles. The first-order valence-corrected chi connectivity index (χ1v) is 16.4. The molecule has 2 aliphatic heterocycles. The maximum Gasteiger partial charge on any atom is 0.410 e. The maximum atomic E-state index is 13.2. The van der Waals surface area contributed by atoms with Crippen LogP contribution in [0, 0.1) is 5.92 Å². The average molecular weight is 629 g/mol. The van der Waals surface area contributed by atoms with Crippen molar-refractivity contribution in [2.24, 2.45) is 5.92 Å². The Bertz CT molecular complexity index is 1300. The van der Waals surface area contributed by atoms with Crippen LogP contribution in [0.15, 0.2) is 36.4 Å². The minimum Gasteiger partial charge on any atom is -0.444 e. The summed E-state index contributed by atoms with van der Waals surface area (Å²) in [6, 6.07) is 11.6. The van der Waals surface area contributed by atoms with Crippen molar-refractivity contribution in [1.29, 1.82) is 0 Å². The van der Waals surface area contributed by atoms with Crippen LogP contribution in [0.3, 0.4) is 0 Å². The first kappa shape index (κ1) is 31.6. The Morgan fingerprint density at radius 1 is 0.884 bits per heavy atom. The molecule has 5 rings (SSSR count). The molecule has 43 heavy (non-hydrogen) atoms. The number of nitrogens with one attached hydrogen (secondary N) is 1. The first-order valence-electron chi connectivity index (χ1n) is 15.7. The number of carbonyl (C=O) groups is 3. The van der Waals surface area contributed by atoms with Crippen molar-refractivity contribution in [3.63, 3.8) is 0 Å². The molecular formula is C34H43Cl2N3O4. The van der Waals surface area contributed by atoms with Gasteiger partial charge < -0.3 is 19.9 Å². The van der Waals surface area contributed by atoms with Crippen molar-refractivity contribution in [2.45, 2.75) is 96.2 Å². The van der Waals surface area contributed by atoms with E-state index in [1.54, 1.807) is 17.0 Å². The highest BCUT2D eigenvalue weighted by Gasteiger charge is 2.37. The summed E-state index contributed by atoms with van der Waals surface area (Å²) in [4.78, 5) is 42.3. The fourth-order valence-electron chi connectivity index (χ4n) is 6.53. The Balaban J connectivity index is 1.16. The maximum absolute atomic E-state index is 13.2. The summed E-state index contributed by atoms with van der Waals surface area (Å²) in [6.07, 6.45) is 8.36. The molecule has 1 atom stereocenters. The molecule has 232 valence electrons. The third kappa shape index (κ3) is 7.85. The van der Waals surface area contributed by atoms with Gasteiger partial charge in [0.1, 0.15) is 5.60 Å². The summed E-state index contributed by atoms with van der Waals surface area (Å²) in [6.45, 7) is 7.48. The molecule has 9 heteroatoms. The fourth-order valence-corrected chi connectivity index (χ4v) is 7.18. The van der Waals surface area contributed by atoms with Gasteiger partial charge in [-0.15, -0.1) is 0 Å². The molecule has 2 saturated heterocycles. The number of hydrogen-bond donors (Lipinski definition) is 1. The highest BCUT2D eigenvalue weighted by Crippen LogP contribution is 2.36. The number of ether oxygens (including phenoxy) is 1. The monoisotopic (exact) mass is 627 g/mol. The number of carbonyl (C=O) groups excluding carboxylic acids is 3. The third-order valence-electron chi connectivity index (χ3n) is 8.92. The zero-order valence-electron chi connectivity index (χ0n) is 25.5. The van der Waals surface area contributed by atoms with E-state index in [-0.39, 0.29) is 29.9 Å². The van der Waals surface area contributed by atoms with E-state index in [0.29, 0.717) is 54.0 Å². The Morgan fingerprint density at radius 2 is 1.51 bits per heavy atom. The van der Waals surface area contributed by atoms with E-state index in [1.807, 2.05) is 45.0 Å². The molecule has 0 spiro atoms. The summed E-state index contributed by atoms with van der Waals surface area (Å²) < 4.78 is 5.46. The quantitative estimate of drug-likeness (QED) is 0.359. The number of likely N-dealkylation sites (tertiary alicyclic amines) is 2. The molecule has 2 heterocycles. The standard InChI is InChI=1S/C34H43Cl2N3O4/c1-34(2,3)43-33(42)38-16-14-26(15-17-38)37-31(40)23-11-9-22(10-12-23)25-20-29(35)28(30(36)21-25)19-24-13-18-39(32(24)41)27-7-5-4-6-8-27/h9-12,20-21,24,26-27H,4-8,13-19H2,1-3H3,(H,37,40). The molecule has 1 aliphatic carbocycles. The smallest absolute Gasteiger partial charge is 0.410 e. The minimum atomic E-state index is -0.528. The highest BCUT2D eigenvalue weighted by molar-refractivity contribution is 6.36. The summed E-state index contributed by atoms with van der Waals surface area (Å²) >= 11 is 13.5. The molecule has 2 aromatic rings. The molecule has 0 aromatic heterocycles. The van der Waals surface area contributed by atoms with Crippen molar-refractivity contribution in [1.82, 2.24) is 15.1 Å².